The number of halogens is 1. The van der Waals surface area contributed by atoms with E-state index >= 15 is 0 Å². The summed E-state index contributed by atoms with van der Waals surface area (Å²) in [6.45, 7) is 1.77. The molecule has 0 saturated carbocycles. The van der Waals surface area contributed by atoms with Gasteiger partial charge in [-0.15, -0.1) is 0 Å². The third kappa shape index (κ3) is 2.48. The summed E-state index contributed by atoms with van der Waals surface area (Å²) in [5, 5.41) is 2.69. The average Bonchev–Trinajstić information content (AvgIpc) is 2.77. The van der Waals surface area contributed by atoms with Crippen molar-refractivity contribution in [2.24, 2.45) is 0 Å². The second kappa shape index (κ2) is 5.44. The molecule has 1 aliphatic heterocycles. The molecule has 0 radical (unpaired) electrons. The number of aryl methyl sites for hydroxylation is 1. The summed E-state index contributed by atoms with van der Waals surface area (Å²) in [7, 11) is 0. The highest BCUT2D eigenvalue weighted by atomic mass is 19.1. The summed E-state index contributed by atoms with van der Waals surface area (Å²) in [4.78, 5) is 25.4. The van der Waals surface area contributed by atoms with Crippen LogP contribution in [0.2, 0.25) is 0 Å². The van der Waals surface area contributed by atoms with Crippen LogP contribution in [-0.4, -0.2) is 11.8 Å². The number of hydrogen-bond donors (Lipinski definition) is 1. The number of rotatable bonds is 3. The number of anilines is 2. The first-order valence-corrected chi connectivity index (χ1v) is 6.74. The first kappa shape index (κ1) is 14.0. The van der Waals surface area contributed by atoms with E-state index in [-0.39, 0.29) is 11.4 Å². The van der Waals surface area contributed by atoms with E-state index in [0.717, 1.165) is 10.5 Å². The topological polar surface area (TPSA) is 49.4 Å². The fraction of sp³-hybridized carbons (Fsp3) is 0.0588. The second-order valence-corrected chi connectivity index (χ2v) is 4.98. The zero-order valence-electron chi connectivity index (χ0n) is 11.8. The molecule has 0 saturated heterocycles. The maximum absolute atomic E-state index is 13.8. The lowest BCUT2D eigenvalue weighted by Gasteiger charge is -2.15. The molecule has 2 aromatic rings. The van der Waals surface area contributed by atoms with Crippen LogP contribution >= 0.6 is 0 Å². The van der Waals surface area contributed by atoms with Gasteiger partial charge in [0.1, 0.15) is 11.5 Å². The summed E-state index contributed by atoms with van der Waals surface area (Å²) >= 11 is 0. The Kier molecular flexibility index (Phi) is 3.47. The number of imide groups is 1. The Bertz CT molecular complexity index is 785. The third-order valence-corrected chi connectivity index (χ3v) is 3.33. The van der Waals surface area contributed by atoms with Gasteiger partial charge in [0.2, 0.25) is 0 Å². The number of hydrogen-bond acceptors (Lipinski definition) is 3. The SMILES string of the molecule is Cc1ccc(NC2=CC(=O)N(c3ccccc3)C2=O)c(F)c1. The summed E-state index contributed by atoms with van der Waals surface area (Å²) in [6.07, 6.45) is 1.18. The van der Waals surface area contributed by atoms with Crippen LogP contribution in [0.15, 0.2) is 60.3 Å². The molecule has 5 heteroatoms. The third-order valence-electron chi connectivity index (χ3n) is 3.33. The van der Waals surface area contributed by atoms with Crippen molar-refractivity contribution >= 4 is 23.2 Å². The van der Waals surface area contributed by atoms with Crippen LogP contribution in [0.5, 0.6) is 0 Å². The molecule has 1 N–H and O–H groups in total. The van der Waals surface area contributed by atoms with Crippen molar-refractivity contribution in [3.63, 3.8) is 0 Å². The van der Waals surface area contributed by atoms with Gasteiger partial charge in [0.05, 0.1) is 11.4 Å². The molecular formula is C17H13FN2O2. The predicted octanol–water partition coefficient (Wildman–Crippen LogP) is 3.00. The normalized spacial score (nSPS) is 14.3. The van der Waals surface area contributed by atoms with Gasteiger partial charge in [-0.2, -0.15) is 0 Å². The lowest BCUT2D eigenvalue weighted by atomic mass is 10.2. The second-order valence-electron chi connectivity index (χ2n) is 4.98. The van der Waals surface area contributed by atoms with Crippen molar-refractivity contribution in [3.05, 3.63) is 71.7 Å². The molecule has 0 atom stereocenters. The van der Waals surface area contributed by atoms with E-state index in [4.69, 9.17) is 0 Å². The van der Waals surface area contributed by atoms with Crippen LogP contribution < -0.4 is 10.2 Å². The van der Waals surface area contributed by atoms with Crippen molar-refractivity contribution < 1.29 is 14.0 Å². The molecular weight excluding hydrogens is 283 g/mol. The Hall–Kier alpha value is -2.95. The standard InChI is InChI=1S/C17H13FN2O2/c1-11-7-8-14(13(18)9-11)19-15-10-16(21)20(17(15)22)12-5-3-2-4-6-12/h2-10,19H,1H3. The van der Waals surface area contributed by atoms with Gasteiger partial charge < -0.3 is 5.32 Å². The van der Waals surface area contributed by atoms with Crippen molar-refractivity contribution in [1.29, 1.82) is 0 Å². The number of nitrogens with zero attached hydrogens (tertiary/aromatic N) is 1. The molecule has 4 nitrogen and oxygen atoms in total. The Morgan fingerprint density at radius 2 is 1.77 bits per heavy atom. The van der Waals surface area contributed by atoms with E-state index in [1.54, 1.807) is 43.3 Å². The van der Waals surface area contributed by atoms with Crippen LogP contribution in [0.1, 0.15) is 5.56 Å². The fourth-order valence-corrected chi connectivity index (χ4v) is 2.25. The molecule has 0 aromatic heterocycles. The van der Waals surface area contributed by atoms with E-state index in [2.05, 4.69) is 5.32 Å². The molecule has 2 amide bonds. The quantitative estimate of drug-likeness (QED) is 0.886. The molecule has 0 fully saturated rings. The van der Waals surface area contributed by atoms with Crippen LogP contribution in [0.4, 0.5) is 15.8 Å². The zero-order chi connectivity index (χ0) is 15.7. The average molecular weight is 296 g/mol. The van der Waals surface area contributed by atoms with Crippen molar-refractivity contribution in [1.82, 2.24) is 0 Å². The minimum Gasteiger partial charge on any atom is -0.348 e. The molecule has 2 aromatic carbocycles. The lowest BCUT2D eigenvalue weighted by Crippen LogP contribution is -2.31. The maximum Gasteiger partial charge on any atom is 0.281 e. The van der Waals surface area contributed by atoms with Gasteiger partial charge in [0.25, 0.3) is 11.8 Å². The molecule has 0 aliphatic carbocycles. The number of carbonyl (C=O) groups is 2. The largest absolute Gasteiger partial charge is 0.348 e. The molecule has 22 heavy (non-hydrogen) atoms. The Morgan fingerprint density at radius 1 is 1.05 bits per heavy atom. The maximum atomic E-state index is 13.8. The Labute approximate surface area is 126 Å². The number of carbonyl (C=O) groups excluding carboxylic acids is 2. The summed E-state index contributed by atoms with van der Waals surface area (Å²) in [5.41, 5.74) is 1.47. The molecule has 110 valence electrons. The fourth-order valence-electron chi connectivity index (χ4n) is 2.25. The van der Waals surface area contributed by atoms with E-state index in [0.29, 0.717) is 5.69 Å². The van der Waals surface area contributed by atoms with Gasteiger partial charge in [-0.1, -0.05) is 24.3 Å². The molecule has 0 unspecified atom stereocenters. The van der Waals surface area contributed by atoms with E-state index in [1.165, 1.54) is 18.2 Å². The van der Waals surface area contributed by atoms with E-state index in [1.807, 2.05) is 0 Å². The lowest BCUT2D eigenvalue weighted by molar-refractivity contribution is -0.120. The molecule has 1 heterocycles. The van der Waals surface area contributed by atoms with Gasteiger partial charge in [0, 0.05) is 6.08 Å². The van der Waals surface area contributed by atoms with Crippen LogP contribution in [0.3, 0.4) is 0 Å². The summed E-state index contributed by atoms with van der Waals surface area (Å²) < 4.78 is 13.8. The van der Waals surface area contributed by atoms with Crippen LogP contribution in [-0.2, 0) is 9.59 Å². The van der Waals surface area contributed by atoms with Crippen LogP contribution in [0, 0.1) is 12.7 Å². The minimum atomic E-state index is -0.504. The first-order chi connectivity index (χ1) is 10.6. The van der Waals surface area contributed by atoms with Gasteiger partial charge >= 0.3 is 0 Å². The van der Waals surface area contributed by atoms with Crippen molar-refractivity contribution in [2.45, 2.75) is 6.92 Å². The molecule has 0 bridgehead atoms. The van der Waals surface area contributed by atoms with Crippen LogP contribution in [0.25, 0.3) is 0 Å². The Balaban J connectivity index is 1.86. The molecule has 3 rings (SSSR count). The first-order valence-electron chi connectivity index (χ1n) is 6.74. The Morgan fingerprint density at radius 3 is 2.45 bits per heavy atom. The van der Waals surface area contributed by atoms with Crippen molar-refractivity contribution in [2.75, 3.05) is 10.2 Å². The highest BCUT2D eigenvalue weighted by Gasteiger charge is 2.32. The van der Waals surface area contributed by atoms with Gasteiger partial charge in [0.15, 0.2) is 0 Å². The van der Waals surface area contributed by atoms with Crippen molar-refractivity contribution in [3.8, 4) is 0 Å². The smallest absolute Gasteiger partial charge is 0.281 e. The van der Waals surface area contributed by atoms with Gasteiger partial charge in [-0.05, 0) is 36.8 Å². The molecule has 0 spiro atoms. The summed E-state index contributed by atoms with van der Waals surface area (Å²) in [6, 6.07) is 13.2. The number of benzene rings is 2. The number of amides is 2. The number of nitrogens with one attached hydrogen (secondary N) is 1. The highest BCUT2D eigenvalue weighted by molar-refractivity contribution is 6.31. The monoisotopic (exact) mass is 296 g/mol. The number of para-hydroxylation sites is 1. The summed E-state index contributed by atoms with van der Waals surface area (Å²) in [5.74, 6) is -1.43. The van der Waals surface area contributed by atoms with Gasteiger partial charge in [-0.25, -0.2) is 9.29 Å². The minimum absolute atomic E-state index is 0.0524. The highest BCUT2D eigenvalue weighted by Crippen LogP contribution is 2.24. The molecule has 1 aliphatic rings. The van der Waals surface area contributed by atoms with Gasteiger partial charge in [-0.3, -0.25) is 9.59 Å². The van der Waals surface area contributed by atoms with E-state index in [9.17, 15) is 14.0 Å². The zero-order valence-corrected chi connectivity index (χ0v) is 11.8. The van der Waals surface area contributed by atoms with E-state index < -0.39 is 17.6 Å². The predicted molar refractivity (Wildman–Crippen MR) is 81.8 cm³/mol.